The van der Waals surface area contributed by atoms with Crippen molar-refractivity contribution in [2.24, 2.45) is 0 Å². The van der Waals surface area contributed by atoms with Crippen LogP contribution >= 0.6 is 15.9 Å². The second kappa shape index (κ2) is 5.72. The molecule has 2 nitrogen and oxygen atoms in total. The Balaban J connectivity index is 2.08. The zero-order chi connectivity index (χ0) is 12.1. The lowest BCUT2D eigenvalue weighted by molar-refractivity contribution is 0.136. The molecule has 1 heterocycles. The van der Waals surface area contributed by atoms with Gasteiger partial charge in [0.1, 0.15) is 24.7 Å². The summed E-state index contributed by atoms with van der Waals surface area (Å²) in [5.74, 6) is 4.02. The van der Waals surface area contributed by atoms with Crippen molar-refractivity contribution in [3.63, 3.8) is 0 Å². The average molecular weight is 291 g/mol. The summed E-state index contributed by atoms with van der Waals surface area (Å²) in [6, 6.07) is 11.8. The standard InChI is InChI=1S/C14H11BrO2/c1-2-9-16-10-13-7-8-14(17-13)11-3-5-12(15)6-4-11/h1,3-8H,9-10H2. The second-order valence-electron chi connectivity index (χ2n) is 3.47. The van der Waals surface area contributed by atoms with Crippen LogP contribution in [0.15, 0.2) is 45.3 Å². The van der Waals surface area contributed by atoms with Crippen molar-refractivity contribution < 1.29 is 9.15 Å². The molecular formula is C14H11BrO2. The molecule has 0 N–H and O–H groups in total. The summed E-state index contributed by atoms with van der Waals surface area (Å²) in [4.78, 5) is 0. The van der Waals surface area contributed by atoms with Crippen LogP contribution in [0.25, 0.3) is 11.3 Å². The second-order valence-corrected chi connectivity index (χ2v) is 4.39. The molecule has 0 fully saturated rings. The minimum Gasteiger partial charge on any atom is -0.459 e. The van der Waals surface area contributed by atoms with Gasteiger partial charge >= 0.3 is 0 Å². The highest BCUT2D eigenvalue weighted by molar-refractivity contribution is 9.10. The van der Waals surface area contributed by atoms with Crippen molar-refractivity contribution >= 4 is 15.9 Å². The summed E-state index contributed by atoms with van der Waals surface area (Å²) >= 11 is 3.40. The fraction of sp³-hybridized carbons (Fsp3) is 0.143. The van der Waals surface area contributed by atoms with Crippen LogP contribution in [0.4, 0.5) is 0 Å². The third-order valence-corrected chi connectivity index (χ3v) is 2.75. The van der Waals surface area contributed by atoms with Gasteiger partial charge in [0, 0.05) is 10.0 Å². The molecule has 0 amide bonds. The third kappa shape index (κ3) is 3.23. The van der Waals surface area contributed by atoms with E-state index in [0.29, 0.717) is 13.2 Å². The molecule has 2 rings (SSSR count). The highest BCUT2D eigenvalue weighted by atomic mass is 79.9. The highest BCUT2D eigenvalue weighted by Crippen LogP contribution is 2.24. The van der Waals surface area contributed by atoms with E-state index < -0.39 is 0 Å². The predicted octanol–water partition coefficient (Wildman–Crippen LogP) is 3.86. The zero-order valence-corrected chi connectivity index (χ0v) is 10.7. The van der Waals surface area contributed by atoms with Crippen LogP contribution in [0.5, 0.6) is 0 Å². The number of hydrogen-bond donors (Lipinski definition) is 0. The van der Waals surface area contributed by atoms with Crippen LogP contribution in [-0.2, 0) is 11.3 Å². The average Bonchev–Trinajstić information content (AvgIpc) is 2.79. The Labute approximate surface area is 109 Å². The van der Waals surface area contributed by atoms with Gasteiger partial charge in [-0.25, -0.2) is 0 Å². The Morgan fingerprint density at radius 3 is 2.65 bits per heavy atom. The maximum atomic E-state index is 5.65. The van der Waals surface area contributed by atoms with Gasteiger partial charge in [-0.15, -0.1) is 6.42 Å². The lowest BCUT2D eigenvalue weighted by Crippen LogP contribution is -1.90. The molecule has 0 aliphatic carbocycles. The van der Waals surface area contributed by atoms with E-state index in [1.54, 1.807) is 0 Å². The lowest BCUT2D eigenvalue weighted by Gasteiger charge is -1.98. The van der Waals surface area contributed by atoms with Crippen molar-refractivity contribution in [3.05, 3.63) is 46.6 Å². The summed E-state index contributed by atoms with van der Waals surface area (Å²) in [6.45, 7) is 0.703. The summed E-state index contributed by atoms with van der Waals surface area (Å²) in [6.07, 6.45) is 5.09. The van der Waals surface area contributed by atoms with Crippen LogP contribution in [0.3, 0.4) is 0 Å². The fourth-order valence-corrected chi connectivity index (χ4v) is 1.70. The first-order valence-corrected chi connectivity index (χ1v) is 5.95. The molecule has 0 spiro atoms. The van der Waals surface area contributed by atoms with E-state index in [2.05, 4.69) is 21.9 Å². The molecule has 0 aliphatic rings. The molecule has 0 atom stereocenters. The molecule has 17 heavy (non-hydrogen) atoms. The van der Waals surface area contributed by atoms with Gasteiger partial charge in [-0.05, 0) is 24.3 Å². The van der Waals surface area contributed by atoms with E-state index in [0.717, 1.165) is 21.6 Å². The first kappa shape index (κ1) is 12.0. The Morgan fingerprint density at radius 1 is 1.18 bits per heavy atom. The van der Waals surface area contributed by atoms with Crippen LogP contribution in [-0.4, -0.2) is 6.61 Å². The number of terminal acetylenes is 1. The quantitative estimate of drug-likeness (QED) is 0.630. The van der Waals surface area contributed by atoms with E-state index in [4.69, 9.17) is 15.6 Å². The van der Waals surface area contributed by atoms with Crippen molar-refractivity contribution in [1.82, 2.24) is 0 Å². The smallest absolute Gasteiger partial charge is 0.134 e. The Hall–Kier alpha value is -1.50. The van der Waals surface area contributed by atoms with E-state index >= 15 is 0 Å². The third-order valence-electron chi connectivity index (χ3n) is 2.22. The van der Waals surface area contributed by atoms with Crippen LogP contribution in [0.1, 0.15) is 5.76 Å². The number of rotatable bonds is 4. The summed E-state index contributed by atoms with van der Waals surface area (Å²) in [5.41, 5.74) is 1.04. The van der Waals surface area contributed by atoms with Crippen LogP contribution < -0.4 is 0 Å². The number of ether oxygens (including phenoxy) is 1. The van der Waals surface area contributed by atoms with E-state index in [9.17, 15) is 0 Å². The molecule has 0 unspecified atom stereocenters. The maximum Gasteiger partial charge on any atom is 0.134 e. The monoisotopic (exact) mass is 290 g/mol. The molecule has 3 heteroatoms. The number of benzene rings is 1. The minimum atomic E-state index is 0.300. The number of hydrogen-bond acceptors (Lipinski definition) is 2. The summed E-state index contributed by atoms with van der Waals surface area (Å²) in [7, 11) is 0. The van der Waals surface area contributed by atoms with Gasteiger partial charge < -0.3 is 9.15 Å². The van der Waals surface area contributed by atoms with Crippen molar-refractivity contribution in [3.8, 4) is 23.7 Å². The first-order chi connectivity index (χ1) is 8.29. The Kier molecular flexibility index (Phi) is 4.03. The molecule has 1 aromatic heterocycles. The van der Waals surface area contributed by atoms with Gasteiger partial charge in [-0.2, -0.15) is 0 Å². The molecule has 0 radical (unpaired) electrons. The lowest BCUT2D eigenvalue weighted by atomic mass is 10.2. The van der Waals surface area contributed by atoms with Crippen LogP contribution in [0.2, 0.25) is 0 Å². The molecule has 86 valence electrons. The topological polar surface area (TPSA) is 22.4 Å². The summed E-state index contributed by atoms with van der Waals surface area (Å²) < 4.78 is 11.9. The minimum absolute atomic E-state index is 0.300. The highest BCUT2D eigenvalue weighted by Gasteiger charge is 2.04. The molecule has 0 bridgehead atoms. The zero-order valence-electron chi connectivity index (χ0n) is 9.15. The molecule has 0 saturated carbocycles. The normalized spacial score (nSPS) is 10.1. The van der Waals surface area contributed by atoms with Crippen molar-refractivity contribution in [2.75, 3.05) is 6.61 Å². The Morgan fingerprint density at radius 2 is 1.94 bits per heavy atom. The molecular weight excluding hydrogens is 280 g/mol. The predicted molar refractivity (Wildman–Crippen MR) is 70.3 cm³/mol. The molecule has 0 saturated heterocycles. The first-order valence-electron chi connectivity index (χ1n) is 5.15. The van der Waals surface area contributed by atoms with E-state index in [1.165, 1.54) is 0 Å². The van der Waals surface area contributed by atoms with Gasteiger partial charge in [-0.1, -0.05) is 34.0 Å². The van der Waals surface area contributed by atoms with Gasteiger partial charge in [0.2, 0.25) is 0 Å². The van der Waals surface area contributed by atoms with Gasteiger partial charge in [0.25, 0.3) is 0 Å². The number of furan rings is 1. The van der Waals surface area contributed by atoms with Crippen LogP contribution in [0, 0.1) is 12.3 Å². The molecule has 2 aromatic rings. The van der Waals surface area contributed by atoms with Crippen molar-refractivity contribution in [2.45, 2.75) is 6.61 Å². The van der Waals surface area contributed by atoms with Gasteiger partial charge in [0.05, 0.1) is 0 Å². The largest absolute Gasteiger partial charge is 0.459 e. The van der Waals surface area contributed by atoms with Gasteiger partial charge in [-0.3, -0.25) is 0 Å². The number of halogens is 1. The van der Waals surface area contributed by atoms with E-state index in [1.807, 2.05) is 36.4 Å². The van der Waals surface area contributed by atoms with E-state index in [-0.39, 0.29) is 0 Å². The fourth-order valence-electron chi connectivity index (χ4n) is 1.44. The Bertz CT molecular complexity index is 520. The SMILES string of the molecule is C#CCOCc1ccc(-c2ccc(Br)cc2)o1. The van der Waals surface area contributed by atoms with Gasteiger partial charge in [0.15, 0.2) is 0 Å². The molecule has 0 aliphatic heterocycles. The molecule has 1 aromatic carbocycles. The maximum absolute atomic E-state index is 5.65. The summed E-state index contributed by atoms with van der Waals surface area (Å²) in [5, 5.41) is 0. The van der Waals surface area contributed by atoms with Crippen molar-refractivity contribution in [1.29, 1.82) is 0 Å².